The summed E-state index contributed by atoms with van der Waals surface area (Å²) in [6.07, 6.45) is 1.67. The number of non-ortho nitro benzene ring substituents is 1. The van der Waals surface area contributed by atoms with Gasteiger partial charge in [0.05, 0.1) is 4.92 Å². The van der Waals surface area contributed by atoms with Crippen LogP contribution in [0.5, 0.6) is 5.75 Å². The Balaban J connectivity index is 1.53. The fraction of sp³-hybridized carbons (Fsp3) is 0.286. The zero-order valence-corrected chi connectivity index (χ0v) is 15.6. The topological polar surface area (TPSA) is 75.9 Å². The quantitative estimate of drug-likeness (QED) is 0.418. The fourth-order valence-corrected chi connectivity index (χ4v) is 3.17. The van der Waals surface area contributed by atoms with Crippen LogP contribution in [0, 0.1) is 10.1 Å². The van der Waals surface area contributed by atoms with E-state index in [4.69, 9.17) is 4.74 Å². The van der Waals surface area contributed by atoms with Gasteiger partial charge in [-0.15, -0.1) is 0 Å². The molecular weight excluding hydrogens is 358 g/mol. The largest absolute Gasteiger partial charge is 0.490 e. The first-order chi connectivity index (χ1) is 13.6. The van der Waals surface area contributed by atoms with E-state index in [1.54, 1.807) is 42.5 Å². The smallest absolute Gasteiger partial charge is 0.269 e. The summed E-state index contributed by atoms with van der Waals surface area (Å²) >= 11 is 0. The molecule has 0 saturated carbocycles. The van der Waals surface area contributed by atoms with Crippen molar-refractivity contribution < 1.29 is 14.5 Å². The van der Waals surface area contributed by atoms with Gasteiger partial charge in [-0.1, -0.05) is 24.8 Å². The van der Waals surface area contributed by atoms with Crippen LogP contribution in [0.1, 0.15) is 15.9 Å². The molecule has 0 aliphatic carbocycles. The van der Waals surface area contributed by atoms with Crippen molar-refractivity contribution in [2.24, 2.45) is 0 Å². The molecule has 7 nitrogen and oxygen atoms in total. The summed E-state index contributed by atoms with van der Waals surface area (Å²) in [5, 5.41) is 10.9. The van der Waals surface area contributed by atoms with Gasteiger partial charge in [-0.3, -0.25) is 19.8 Å². The Morgan fingerprint density at radius 1 is 1.14 bits per heavy atom. The number of carbonyl (C=O) groups excluding carboxylic acids is 1. The number of carbonyl (C=O) groups is 1. The molecule has 0 unspecified atom stereocenters. The van der Waals surface area contributed by atoms with Crippen LogP contribution in [0.2, 0.25) is 0 Å². The Kier molecular flexibility index (Phi) is 6.39. The summed E-state index contributed by atoms with van der Waals surface area (Å²) in [4.78, 5) is 27.3. The van der Waals surface area contributed by atoms with Gasteiger partial charge in [-0.2, -0.15) is 0 Å². The summed E-state index contributed by atoms with van der Waals surface area (Å²) in [6, 6.07) is 13.8. The van der Waals surface area contributed by atoms with Crippen molar-refractivity contribution in [2.45, 2.75) is 6.54 Å². The van der Waals surface area contributed by atoms with Crippen molar-refractivity contribution in [3.8, 4) is 5.75 Å². The molecule has 0 spiro atoms. The van der Waals surface area contributed by atoms with Crippen LogP contribution in [0.3, 0.4) is 0 Å². The third kappa shape index (κ3) is 4.95. The zero-order valence-electron chi connectivity index (χ0n) is 15.6. The standard InChI is InChI=1S/C21H23N3O4/c1-2-14-28-20-8-6-18(7-9-20)21(25)23-12-10-22(11-13-23)16-17-4-3-5-19(15-17)24(26)27/h2-9,15H,1,10-14,16H2. The molecule has 0 bridgehead atoms. The molecular formula is C21H23N3O4. The molecule has 0 N–H and O–H groups in total. The molecule has 0 radical (unpaired) electrons. The molecule has 1 amide bonds. The maximum absolute atomic E-state index is 12.7. The van der Waals surface area contributed by atoms with Crippen LogP contribution in [0.15, 0.2) is 61.2 Å². The highest BCUT2D eigenvalue weighted by molar-refractivity contribution is 5.94. The van der Waals surface area contributed by atoms with Crippen LogP contribution in [-0.4, -0.2) is 53.4 Å². The van der Waals surface area contributed by atoms with Gasteiger partial charge in [0.2, 0.25) is 0 Å². The van der Waals surface area contributed by atoms with E-state index in [0.29, 0.717) is 37.6 Å². The predicted molar refractivity (Wildman–Crippen MR) is 106 cm³/mol. The van der Waals surface area contributed by atoms with Crippen molar-refractivity contribution in [1.82, 2.24) is 9.80 Å². The summed E-state index contributed by atoms with van der Waals surface area (Å²) in [5.41, 5.74) is 1.65. The molecule has 3 rings (SSSR count). The van der Waals surface area contributed by atoms with E-state index in [1.807, 2.05) is 11.0 Å². The normalized spacial score (nSPS) is 14.5. The summed E-state index contributed by atoms with van der Waals surface area (Å²) in [5.74, 6) is 0.712. The highest BCUT2D eigenvalue weighted by atomic mass is 16.6. The van der Waals surface area contributed by atoms with E-state index in [2.05, 4.69) is 11.5 Å². The summed E-state index contributed by atoms with van der Waals surface area (Å²) < 4.78 is 5.44. The number of piperazine rings is 1. The number of nitrogens with zero attached hydrogens (tertiary/aromatic N) is 3. The number of benzene rings is 2. The van der Waals surface area contributed by atoms with E-state index in [1.165, 1.54) is 6.07 Å². The first kappa shape index (κ1) is 19.6. The van der Waals surface area contributed by atoms with Crippen LogP contribution >= 0.6 is 0 Å². The van der Waals surface area contributed by atoms with Gasteiger partial charge in [-0.25, -0.2) is 0 Å². The summed E-state index contributed by atoms with van der Waals surface area (Å²) in [7, 11) is 0. The molecule has 1 fully saturated rings. The SMILES string of the molecule is C=CCOc1ccc(C(=O)N2CCN(Cc3cccc([N+](=O)[O-])c3)CC2)cc1. The molecule has 2 aromatic carbocycles. The lowest BCUT2D eigenvalue weighted by atomic mass is 10.1. The number of ether oxygens (including phenoxy) is 1. The van der Waals surface area contributed by atoms with E-state index < -0.39 is 0 Å². The Hall–Kier alpha value is -3.19. The van der Waals surface area contributed by atoms with Crippen LogP contribution < -0.4 is 4.74 Å². The zero-order chi connectivity index (χ0) is 19.9. The Morgan fingerprint density at radius 3 is 2.50 bits per heavy atom. The number of hydrogen-bond acceptors (Lipinski definition) is 5. The average molecular weight is 381 g/mol. The summed E-state index contributed by atoms with van der Waals surface area (Å²) in [6.45, 7) is 7.39. The minimum atomic E-state index is -0.381. The molecule has 0 atom stereocenters. The Bertz CT molecular complexity index is 843. The minimum Gasteiger partial charge on any atom is -0.490 e. The lowest BCUT2D eigenvalue weighted by Crippen LogP contribution is -2.48. The van der Waals surface area contributed by atoms with Gasteiger partial charge in [0, 0.05) is 50.4 Å². The lowest BCUT2D eigenvalue weighted by molar-refractivity contribution is -0.384. The van der Waals surface area contributed by atoms with E-state index >= 15 is 0 Å². The van der Waals surface area contributed by atoms with E-state index in [-0.39, 0.29) is 16.5 Å². The van der Waals surface area contributed by atoms with Crippen molar-refractivity contribution in [3.05, 3.63) is 82.4 Å². The minimum absolute atomic E-state index is 0.00488. The second kappa shape index (κ2) is 9.14. The van der Waals surface area contributed by atoms with Crippen molar-refractivity contribution >= 4 is 11.6 Å². The van der Waals surface area contributed by atoms with Crippen LogP contribution in [0.25, 0.3) is 0 Å². The Morgan fingerprint density at radius 2 is 1.86 bits per heavy atom. The van der Waals surface area contributed by atoms with Gasteiger partial charge >= 0.3 is 0 Å². The number of rotatable bonds is 7. The first-order valence-corrected chi connectivity index (χ1v) is 9.15. The predicted octanol–water partition coefficient (Wildman–Crippen LogP) is 3.12. The fourth-order valence-electron chi connectivity index (χ4n) is 3.17. The second-order valence-corrected chi connectivity index (χ2v) is 6.62. The molecule has 2 aromatic rings. The van der Waals surface area contributed by atoms with Crippen molar-refractivity contribution in [3.63, 3.8) is 0 Å². The van der Waals surface area contributed by atoms with Crippen molar-refractivity contribution in [2.75, 3.05) is 32.8 Å². The molecule has 146 valence electrons. The van der Waals surface area contributed by atoms with Gasteiger partial charge in [-0.05, 0) is 29.8 Å². The molecule has 1 heterocycles. The highest BCUT2D eigenvalue weighted by Crippen LogP contribution is 2.17. The van der Waals surface area contributed by atoms with Gasteiger partial charge in [0.15, 0.2) is 0 Å². The van der Waals surface area contributed by atoms with Crippen molar-refractivity contribution in [1.29, 1.82) is 0 Å². The molecule has 0 aromatic heterocycles. The molecule has 1 aliphatic rings. The van der Waals surface area contributed by atoms with Crippen LogP contribution in [0.4, 0.5) is 5.69 Å². The van der Waals surface area contributed by atoms with Gasteiger partial charge < -0.3 is 9.64 Å². The van der Waals surface area contributed by atoms with Gasteiger partial charge in [0.25, 0.3) is 11.6 Å². The monoisotopic (exact) mass is 381 g/mol. The molecule has 28 heavy (non-hydrogen) atoms. The van der Waals surface area contributed by atoms with Crippen LogP contribution in [-0.2, 0) is 6.54 Å². The van der Waals surface area contributed by atoms with E-state index in [0.717, 1.165) is 18.7 Å². The third-order valence-corrected chi connectivity index (χ3v) is 4.66. The highest BCUT2D eigenvalue weighted by Gasteiger charge is 2.22. The lowest BCUT2D eigenvalue weighted by Gasteiger charge is -2.34. The number of amides is 1. The third-order valence-electron chi connectivity index (χ3n) is 4.66. The maximum atomic E-state index is 12.7. The average Bonchev–Trinajstić information content (AvgIpc) is 2.73. The number of nitro groups is 1. The number of nitro benzene ring substituents is 1. The number of hydrogen-bond donors (Lipinski definition) is 0. The Labute approximate surface area is 164 Å². The first-order valence-electron chi connectivity index (χ1n) is 9.15. The van der Waals surface area contributed by atoms with E-state index in [9.17, 15) is 14.9 Å². The molecule has 7 heteroatoms. The molecule has 1 saturated heterocycles. The maximum Gasteiger partial charge on any atom is 0.269 e. The van der Waals surface area contributed by atoms with Gasteiger partial charge in [0.1, 0.15) is 12.4 Å². The second-order valence-electron chi connectivity index (χ2n) is 6.62. The molecule has 1 aliphatic heterocycles.